The predicted molar refractivity (Wildman–Crippen MR) is 93.3 cm³/mol. The van der Waals surface area contributed by atoms with E-state index in [9.17, 15) is 0 Å². The topological polar surface area (TPSA) is 41.0 Å². The second kappa shape index (κ2) is 7.78. The van der Waals surface area contributed by atoms with Gasteiger partial charge in [-0.15, -0.1) is 0 Å². The molecule has 1 aromatic carbocycles. The Bertz CT molecular complexity index is 581. The van der Waals surface area contributed by atoms with Crippen molar-refractivity contribution in [2.75, 3.05) is 23.3 Å². The number of hydrogen-bond donors (Lipinski definition) is 1. The lowest BCUT2D eigenvalue weighted by atomic mass is 10.2. The van der Waals surface area contributed by atoms with Crippen LogP contribution in [-0.4, -0.2) is 23.1 Å². The van der Waals surface area contributed by atoms with Gasteiger partial charge in [0.25, 0.3) is 0 Å². The largest absolute Gasteiger partial charge is 0.370 e. The van der Waals surface area contributed by atoms with Crippen molar-refractivity contribution < 1.29 is 0 Å². The lowest BCUT2D eigenvalue weighted by Gasteiger charge is -2.23. The molecule has 2 aromatic rings. The molecule has 0 fully saturated rings. The number of aromatic nitrogens is 2. The summed E-state index contributed by atoms with van der Waals surface area (Å²) in [6.07, 6.45) is 0. The third-order valence-electron chi connectivity index (χ3n) is 3.44. The molecule has 0 aliphatic heterocycles. The van der Waals surface area contributed by atoms with Crippen molar-refractivity contribution in [2.45, 2.75) is 34.2 Å². The molecule has 2 rings (SSSR count). The van der Waals surface area contributed by atoms with Crippen molar-refractivity contribution in [3.63, 3.8) is 0 Å². The number of hydrogen-bond acceptors (Lipinski definition) is 4. The van der Waals surface area contributed by atoms with E-state index in [1.807, 2.05) is 19.1 Å². The molecule has 0 spiro atoms. The first-order valence-corrected chi connectivity index (χ1v) is 7.97. The Morgan fingerprint density at radius 3 is 2.50 bits per heavy atom. The van der Waals surface area contributed by atoms with Crippen LogP contribution in [0.1, 0.15) is 32.2 Å². The molecule has 4 heteroatoms. The van der Waals surface area contributed by atoms with Crippen LogP contribution in [0.3, 0.4) is 0 Å². The average Bonchev–Trinajstić information content (AvgIpc) is 2.51. The minimum absolute atomic E-state index is 0.588. The smallest absolute Gasteiger partial charge is 0.134 e. The van der Waals surface area contributed by atoms with E-state index in [1.165, 1.54) is 5.56 Å². The molecule has 1 N–H and O–H groups in total. The number of nitrogens with zero attached hydrogens (tertiary/aromatic N) is 3. The Morgan fingerprint density at radius 2 is 1.86 bits per heavy atom. The lowest BCUT2D eigenvalue weighted by molar-refractivity contribution is 0.686. The Kier molecular flexibility index (Phi) is 5.75. The van der Waals surface area contributed by atoms with Crippen molar-refractivity contribution in [3.8, 4) is 0 Å². The average molecular weight is 298 g/mol. The summed E-state index contributed by atoms with van der Waals surface area (Å²) in [5.41, 5.74) is 1.29. The fourth-order valence-electron chi connectivity index (χ4n) is 2.27. The van der Waals surface area contributed by atoms with E-state index in [0.29, 0.717) is 5.92 Å². The van der Waals surface area contributed by atoms with E-state index in [0.717, 1.165) is 37.1 Å². The maximum atomic E-state index is 4.60. The van der Waals surface area contributed by atoms with Gasteiger partial charge in [0.1, 0.15) is 17.5 Å². The quantitative estimate of drug-likeness (QED) is 0.842. The van der Waals surface area contributed by atoms with Gasteiger partial charge in [-0.2, -0.15) is 0 Å². The van der Waals surface area contributed by atoms with Crippen LogP contribution in [0.2, 0.25) is 0 Å². The molecule has 118 valence electrons. The zero-order valence-electron chi connectivity index (χ0n) is 14.0. The monoisotopic (exact) mass is 298 g/mol. The molecule has 1 aromatic heterocycles. The van der Waals surface area contributed by atoms with Crippen molar-refractivity contribution in [3.05, 3.63) is 47.8 Å². The maximum absolute atomic E-state index is 4.60. The van der Waals surface area contributed by atoms with Gasteiger partial charge in [0, 0.05) is 25.7 Å². The fraction of sp³-hybridized carbons (Fsp3) is 0.444. The summed E-state index contributed by atoms with van der Waals surface area (Å²) in [4.78, 5) is 11.4. The highest BCUT2D eigenvalue weighted by Crippen LogP contribution is 2.18. The van der Waals surface area contributed by atoms with Crippen LogP contribution in [0.4, 0.5) is 11.6 Å². The van der Waals surface area contributed by atoms with Gasteiger partial charge in [-0.3, -0.25) is 0 Å². The minimum Gasteiger partial charge on any atom is -0.370 e. The zero-order chi connectivity index (χ0) is 15.9. The Labute approximate surface area is 133 Å². The van der Waals surface area contributed by atoms with Crippen LogP contribution in [0.5, 0.6) is 0 Å². The molecule has 0 radical (unpaired) electrons. The van der Waals surface area contributed by atoms with Crippen LogP contribution in [0.15, 0.2) is 36.4 Å². The standard InChI is InChI=1S/C18H26N4/c1-5-22(13-16-9-7-6-8-10-16)18-11-17(19-12-14(2)3)20-15(4)21-18/h6-11,14H,5,12-13H2,1-4H3,(H,19,20,21). The van der Waals surface area contributed by atoms with Gasteiger partial charge in [0.2, 0.25) is 0 Å². The minimum atomic E-state index is 0.588. The molecule has 0 saturated carbocycles. The molecule has 22 heavy (non-hydrogen) atoms. The predicted octanol–water partition coefficient (Wildman–Crippen LogP) is 3.88. The first-order valence-electron chi connectivity index (χ1n) is 7.97. The molecule has 1 heterocycles. The summed E-state index contributed by atoms with van der Waals surface area (Å²) in [6.45, 7) is 11.2. The number of benzene rings is 1. The second-order valence-corrected chi connectivity index (χ2v) is 5.93. The van der Waals surface area contributed by atoms with Gasteiger partial charge in [-0.05, 0) is 25.3 Å². The van der Waals surface area contributed by atoms with Gasteiger partial charge in [0.15, 0.2) is 0 Å². The Balaban J connectivity index is 2.17. The molecule has 0 atom stereocenters. The molecule has 4 nitrogen and oxygen atoms in total. The van der Waals surface area contributed by atoms with Crippen molar-refractivity contribution in [1.29, 1.82) is 0 Å². The van der Waals surface area contributed by atoms with Gasteiger partial charge in [-0.1, -0.05) is 44.2 Å². The van der Waals surface area contributed by atoms with E-state index >= 15 is 0 Å². The summed E-state index contributed by atoms with van der Waals surface area (Å²) >= 11 is 0. The number of anilines is 2. The highest BCUT2D eigenvalue weighted by molar-refractivity contribution is 5.49. The number of rotatable bonds is 7. The number of nitrogens with one attached hydrogen (secondary N) is 1. The van der Waals surface area contributed by atoms with E-state index in [-0.39, 0.29) is 0 Å². The van der Waals surface area contributed by atoms with Crippen LogP contribution >= 0.6 is 0 Å². The molecule has 0 aliphatic carbocycles. The van der Waals surface area contributed by atoms with Gasteiger partial charge < -0.3 is 10.2 Å². The molecular formula is C18H26N4. The summed E-state index contributed by atoms with van der Waals surface area (Å²) in [5.74, 6) is 3.27. The third-order valence-corrected chi connectivity index (χ3v) is 3.44. The van der Waals surface area contributed by atoms with Crippen LogP contribution in [-0.2, 0) is 6.54 Å². The molecule has 0 aliphatic rings. The van der Waals surface area contributed by atoms with Crippen molar-refractivity contribution in [1.82, 2.24) is 9.97 Å². The van der Waals surface area contributed by atoms with Gasteiger partial charge in [-0.25, -0.2) is 9.97 Å². The van der Waals surface area contributed by atoms with Gasteiger partial charge >= 0.3 is 0 Å². The Morgan fingerprint density at radius 1 is 1.14 bits per heavy atom. The second-order valence-electron chi connectivity index (χ2n) is 5.93. The molecule has 0 unspecified atom stereocenters. The summed E-state index contributed by atoms with van der Waals surface area (Å²) < 4.78 is 0. The lowest BCUT2D eigenvalue weighted by Crippen LogP contribution is -2.24. The first kappa shape index (κ1) is 16.3. The summed E-state index contributed by atoms with van der Waals surface area (Å²) in [7, 11) is 0. The summed E-state index contributed by atoms with van der Waals surface area (Å²) in [6, 6.07) is 12.5. The number of aryl methyl sites for hydroxylation is 1. The normalized spacial score (nSPS) is 10.8. The highest BCUT2D eigenvalue weighted by Gasteiger charge is 2.10. The Hall–Kier alpha value is -2.10. The van der Waals surface area contributed by atoms with Gasteiger partial charge in [0.05, 0.1) is 0 Å². The van der Waals surface area contributed by atoms with Crippen molar-refractivity contribution >= 4 is 11.6 Å². The maximum Gasteiger partial charge on any atom is 0.134 e. The third kappa shape index (κ3) is 4.72. The first-order chi connectivity index (χ1) is 10.6. The van der Waals surface area contributed by atoms with Crippen LogP contribution in [0, 0.1) is 12.8 Å². The summed E-state index contributed by atoms with van der Waals surface area (Å²) in [5, 5.41) is 3.39. The molecule has 0 amide bonds. The fourth-order valence-corrected chi connectivity index (χ4v) is 2.27. The molecular weight excluding hydrogens is 272 g/mol. The van der Waals surface area contributed by atoms with E-state index in [4.69, 9.17) is 0 Å². The van der Waals surface area contributed by atoms with Crippen LogP contribution in [0.25, 0.3) is 0 Å². The van der Waals surface area contributed by atoms with Crippen LogP contribution < -0.4 is 10.2 Å². The van der Waals surface area contributed by atoms with Crippen molar-refractivity contribution in [2.24, 2.45) is 5.92 Å². The SMILES string of the molecule is CCN(Cc1ccccc1)c1cc(NCC(C)C)nc(C)n1. The molecule has 0 saturated heterocycles. The zero-order valence-corrected chi connectivity index (χ0v) is 14.0. The molecule has 0 bridgehead atoms. The van der Waals surface area contributed by atoms with E-state index < -0.39 is 0 Å². The highest BCUT2D eigenvalue weighted by atomic mass is 15.2. The van der Waals surface area contributed by atoms with E-state index in [1.54, 1.807) is 0 Å². The van der Waals surface area contributed by atoms with E-state index in [2.05, 4.69) is 65.2 Å².